The van der Waals surface area contributed by atoms with Crippen molar-refractivity contribution in [3.05, 3.63) is 39.9 Å². The van der Waals surface area contributed by atoms with Gasteiger partial charge in [-0.05, 0) is 21.5 Å². The molecule has 0 fully saturated rings. The van der Waals surface area contributed by atoms with E-state index in [1.165, 1.54) is 0 Å². The third-order valence-electron chi connectivity index (χ3n) is 1.59. The van der Waals surface area contributed by atoms with Crippen molar-refractivity contribution in [1.29, 1.82) is 0 Å². The van der Waals surface area contributed by atoms with Gasteiger partial charge in [0.25, 0.3) is 0 Å². The summed E-state index contributed by atoms with van der Waals surface area (Å²) in [5.41, 5.74) is 1.50. The molecule has 0 aliphatic carbocycles. The van der Waals surface area contributed by atoms with Crippen LogP contribution in [0.4, 0.5) is 0 Å². The van der Waals surface area contributed by atoms with Gasteiger partial charge in [-0.1, -0.05) is 30.4 Å². The number of halogens is 1. The molecule has 0 bridgehead atoms. The monoisotopic (exact) mass is 240 g/mol. The summed E-state index contributed by atoms with van der Waals surface area (Å²) in [6, 6.07) is 5.39. The SMILES string of the molecule is O=Cc1cccc(C=CCO)c1Br. The van der Waals surface area contributed by atoms with Crippen LogP contribution in [0.15, 0.2) is 28.7 Å². The van der Waals surface area contributed by atoms with Crippen LogP contribution in [0.2, 0.25) is 0 Å². The first-order valence-corrected chi connectivity index (χ1v) is 4.60. The minimum Gasteiger partial charge on any atom is -0.392 e. The largest absolute Gasteiger partial charge is 0.392 e. The molecule has 0 aliphatic rings. The zero-order valence-corrected chi connectivity index (χ0v) is 8.49. The Morgan fingerprint density at radius 2 is 2.08 bits per heavy atom. The van der Waals surface area contributed by atoms with E-state index in [1.807, 2.05) is 6.07 Å². The lowest BCUT2D eigenvalue weighted by molar-refractivity contribution is 0.112. The molecule has 1 rings (SSSR count). The molecule has 2 nitrogen and oxygen atoms in total. The van der Waals surface area contributed by atoms with Crippen molar-refractivity contribution in [3.8, 4) is 0 Å². The van der Waals surface area contributed by atoms with Gasteiger partial charge >= 0.3 is 0 Å². The van der Waals surface area contributed by atoms with Gasteiger partial charge in [-0.3, -0.25) is 4.79 Å². The van der Waals surface area contributed by atoms with Crippen LogP contribution < -0.4 is 0 Å². The number of rotatable bonds is 3. The fourth-order valence-electron chi connectivity index (χ4n) is 0.968. The Morgan fingerprint density at radius 3 is 2.69 bits per heavy atom. The second kappa shape index (κ2) is 4.94. The van der Waals surface area contributed by atoms with Gasteiger partial charge in [-0.15, -0.1) is 0 Å². The Bertz CT molecular complexity index is 332. The molecule has 1 N–H and O–H groups in total. The molecular weight excluding hydrogens is 232 g/mol. The molecule has 0 atom stereocenters. The average molecular weight is 241 g/mol. The van der Waals surface area contributed by atoms with E-state index in [0.717, 1.165) is 16.3 Å². The summed E-state index contributed by atoms with van der Waals surface area (Å²) in [4.78, 5) is 10.5. The van der Waals surface area contributed by atoms with Crippen molar-refractivity contribution in [1.82, 2.24) is 0 Å². The summed E-state index contributed by atoms with van der Waals surface area (Å²) in [7, 11) is 0. The number of hydrogen-bond donors (Lipinski definition) is 1. The first-order chi connectivity index (χ1) is 6.29. The minimum absolute atomic E-state index is 0.00223. The maximum Gasteiger partial charge on any atom is 0.151 e. The molecule has 0 spiro atoms. The highest BCUT2D eigenvalue weighted by Crippen LogP contribution is 2.21. The lowest BCUT2D eigenvalue weighted by Gasteiger charge is -2.00. The zero-order chi connectivity index (χ0) is 9.68. The van der Waals surface area contributed by atoms with Crippen LogP contribution >= 0.6 is 15.9 Å². The molecule has 0 saturated carbocycles. The van der Waals surface area contributed by atoms with Crippen molar-refractivity contribution in [3.63, 3.8) is 0 Å². The molecule has 0 aliphatic heterocycles. The molecule has 0 saturated heterocycles. The van der Waals surface area contributed by atoms with Crippen LogP contribution in [0, 0.1) is 0 Å². The fourth-order valence-corrected chi connectivity index (χ4v) is 1.46. The number of benzene rings is 1. The van der Waals surface area contributed by atoms with E-state index in [4.69, 9.17) is 5.11 Å². The van der Waals surface area contributed by atoms with Crippen molar-refractivity contribution in [2.45, 2.75) is 0 Å². The maximum atomic E-state index is 10.5. The van der Waals surface area contributed by atoms with E-state index in [-0.39, 0.29) is 6.61 Å². The van der Waals surface area contributed by atoms with E-state index in [1.54, 1.807) is 24.3 Å². The number of aliphatic hydroxyl groups excluding tert-OH is 1. The fraction of sp³-hybridized carbons (Fsp3) is 0.100. The quantitative estimate of drug-likeness (QED) is 0.824. The lowest BCUT2D eigenvalue weighted by Crippen LogP contribution is -1.85. The van der Waals surface area contributed by atoms with Gasteiger partial charge in [0, 0.05) is 10.0 Å². The Balaban J connectivity index is 3.08. The van der Waals surface area contributed by atoms with Gasteiger partial charge in [0.2, 0.25) is 0 Å². The summed E-state index contributed by atoms with van der Waals surface area (Å²) in [5, 5.41) is 8.57. The summed E-state index contributed by atoms with van der Waals surface area (Å²) in [6.45, 7) is -0.00223. The highest BCUT2D eigenvalue weighted by Gasteiger charge is 2.00. The van der Waals surface area contributed by atoms with Crippen molar-refractivity contribution < 1.29 is 9.90 Å². The second-order valence-electron chi connectivity index (χ2n) is 2.45. The standard InChI is InChI=1S/C10H9BrO2/c11-10-8(5-2-6-12)3-1-4-9(10)7-13/h1-5,7,12H,6H2. The predicted molar refractivity (Wildman–Crippen MR) is 55.6 cm³/mol. The van der Waals surface area contributed by atoms with Gasteiger partial charge in [-0.25, -0.2) is 0 Å². The minimum atomic E-state index is -0.00223. The van der Waals surface area contributed by atoms with E-state index in [0.29, 0.717) is 5.56 Å². The van der Waals surface area contributed by atoms with Crippen LogP contribution in [-0.4, -0.2) is 18.0 Å². The van der Waals surface area contributed by atoms with Gasteiger partial charge in [0.15, 0.2) is 6.29 Å². The Morgan fingerprint density at radius 1 is 1.38 bits per heavy atom. The number of carbonyl (C=O) groups excluding carboxylic acids is 1. The van der Waals surface area contributed by atoms with Gasteiger partial charge in [0.05, 0.1) is 6.61 Å². The Labute approximate surface area is 85.0 Å². The molecule has 0 heterocycles. The molecule has 68 valence electrons. The third-order valence-corrected chi connectivity index (χ3v) is 2.50. The van der Waals surface area contributed by atoms with Gasteiger partial charge in [0.1, 0.15) is 0 Å². The van der Waals surface area contributed by atoms with Crippen LogP contribution in [0.1, 0.15) is 15.9 Å². The molecule has 0 aromatic heterocycles. The van der Waals surface area contributed by atoms with Crippen molar-refractivity contribution in [2.75, 3.05) is 6.61 Å². The molecule has 3 heteroatoms. The number of carbonyl (C=O) groups is 1. The molecule has 1 aromatic rings. The highest BCUT2D eigenvalue weighted by molar-refractivity contribution is 9.10. The van der Waals surface area contributed by atoms with E-state index in [2.05, 4.69) is 15.9 Å². The molecule has 0 unspecified atom stereocenters. The molecule has 1 aromatic carbocycles. The molecule has 13 heavy (non-hydrogen) atoms. The Kier molecular flexibility index (Phi) is 3.86. The van der Waals surface area contributed by atoms with Crippen molar-refractivity contribution in [2.24, 2.45) is 0 Å². The summed E-state index contributed by atoms with van der Waals surface area (Å²) < 4.78 is 0.759. The highest BCUT2D eigenvalue weighted by atomic mass is 79.9. The zero-order valence-electron chi connectivity index (χ0n) is 6.90. The number of aliphatic hydroxyl groups is 1. The maximum absolute atomic E-state index is 10.5. The summed E-state index contributed by atoms with van der Waals surface area (Å²) in [6.07, 6.45) is 4.17. The smallest absolute Gasteiger partial charge is 0.151 e. The summed E-state index contributed by atoms with van der Waals surface area (Å²) in [5.74, 6) is 0. The van der Waals surface area contributed by atoms with Gasteiger partial charge in [-0.2, -0.15) is 0 Å². The molecule has 0 amide bonds. The van der Waals surface area contributed by atoms with Crippen LogP contribution in [0.25, 0.3) is 6.08 Å². The third kappa shape index (κ3) is 2.50. The van der Waals surface area contributed by atoms with E-state index < -0.39 is 0 Å². The molecular formula is C10H9BrO2. The van der Waals surface area contributed by atoms with Crippen molar-refractivity contribution >= 4 is 28.3 Å². The lowest BCUT2D eigenvalue weighted by atomic mass is 10.1. The predicted octanol–water partition coefficient (Wildman–Crippen LogP) is 2.27. The van der Waals surface area contributed by atoms with Gasteiger partial charge < -0.3 is 5.11 Å². The first kappa shape index (κ1) is 10.2. The summed E-state index contributed by atoms with van der Waals surface area (Å²) >= 11 is 3.31. The normalized spacial score (nSPS) is 10.6. The second-order valence-corrected chi connectivity index (χ2v) is 3.25. The van der Waals surface area contributed by atoms with E-state index >= 15 is 0 Å². The van der Waals surface area contributed by atoms with Crippen LogP contribution in [-0.2, 0) is 0 Å². The van der Waals surface area contributed by atoms with E-state index in [9.17, 15) is 4.79 Å². The first-order valence-electron chi connectivity index (χ1n) is 3.80. The Hall–Kier alpha value is -0.930. The van der Waals surface area contributed by atoms with Crippen LogP contribution in [0.3, 0.4) is 0 Å². The number of aldehydes is 1. The molecule has 0 radical (unpaired) electrons. The average Bonchev–Trinajstić information content (AvgIpc) is 2.16. The topological polar surface area (TPSA) is 37.3 Å². The number of hydrogen-bond acceptors (Lipinski definition) is 2. The van der Waals surface area contributed by atoms with Crippen LogP contribution in [0.5, 0.6) is 0 Å².